The number of unbranched alkanes of at least 4 members (excludes halogenated alkanes) is 3. The maximum absolute atomic E-state index is 12.2. The lowest BCUT2D eigenvalue weighted by Gasteiger charge is -2.16. The Morgan fingerprint density at radius 1 is 1.24 bits per heavy atom. The first kappa shape index (κ1) is 17.5. The number of carbonyl (C=O) groups excluding carboxylic acids is 2. The average Bonchev–Trinajstić information content (AvgIpc) is 2.49. The number of esters is 1. The molecule has 1 aromatic carbocycles. The van der Waals surface area contributed by atoms with Crippen LogP contribution in [-0.2, 0) is 9.53 Å². The molecule has 0 aliphatic heterocycles. The van der Waals surface area contributed by atoms with Gasteiger partial charge in [-0.25, -0.2) is 4.79 Å². The van der Waals surface area contributed by atoms with Crippen LogP contribution in [0, 0.1) is 0 Å². The highest BCUT2D eigenvalue weighted by molar-refractivity contribution is 6.33. The number of carbonyl (C=O) groups is 2. The lowest BCUT2D eigenvalue weighted by molar-refractivity contribution is -0.143. The molecule has 0 bridgehead atoms. The van der Waals surface area contributed by atoms with E-state index in [0.717, 1.165) is 25.7 Å². The number of methoxy groups -OCH3 is 1. The molecule has 21 heavy (non-hydrogen) atoms. The van der Waals surface area contributed by atoms with Crippen molar-refractivity contribution in [3.63, 3.8) is 0 Å². The Balaban J connectivity index is 2.65. The summed E-state index contributed by atoms with van der Waals surface area (Å²) < 4.78 is 4.75. The van der Waals surface area contributed by atoms with E-state index in [1.807, 2.05) is 0 Å². The number of halogens is 1. The third-order valence-corrected chi connectivity index (χ3v) is 3.59. The second-order valence-electron chi connectivity index (χ2n) is 4.88. The molecule has 1 rings (SSSR count). The van der Waals surface area contributed by atoms with Crippen molar-refractivity contribution in [1.82, 2.24) is 5.32 Å². The molecule has 1 amide bonds. The van der Waals surface area contributed by atoms with Gasteiger partial charge in [-0.1, -0.05) is 56.3 Å². The Labute approximate surface area is 130 Å². The fraction of sp³-hybridized carbons (Fsp3) is 0.500. The molecule has 0 saturated carbocycles. The highest BCUT2D eigenvalue weighted by atomic mass is 35.5. The standard InChI is InChI=1S/C16H22ClNO3/c1-3-4-5-6-11-14(16(20)21-2)18-15(19)12-9-7-8-10-13(12)17/h7-10,14H,3-6,11H2,1-2H3,(H,18,19)/t14-/m0/s1. The normalized spacial score (nSPS) is 11.8. The summed E-state index contributed by atoms with van der Waals surface area (Å²) in [4.78, 5) is 23.9. The molecule has 0 saturated heterocycles. The van der Waals surface area contributed by atoms with Crippen LogP contribution in [0.1, 0.15) is 49.4 Å². The fourth-order valence-electron chi connectivity index (χ4n) is 2.05. The third-order valence-electron chi connectivity index (χ3n) is 3.26. The zero-order valence-electron chi connectivity index (χ0n) is 12.5. The van der Waals surface area contributed by atoms with Crippen LogP contribution in [-0.4, -0.2) is 25.0 Å². The first-order chi connectivity index (χ1) is 10.1. The van der Waals surface area contributed by atoms with Gasteiger partial charge in [0, 0.05) is 0 Å². The van der Waals surface area contributed by atoms with E-state index in [9.17, 15) is 9.59 Å². The quantitative estimate of drug-likeness (QED) is 0.589. The van der Waals surface area contributed by atoms with Gasteiger partial charge in [0.05, 0.1) is 17.7 Å². The smallest absolute Gasteiger partial charge is 0.328 e. The number of benzene rings is 1. The minimum Gasteiger partial charge on any atom is -0.467 e. The second kappa shape index (κ2) is 9.40. The maximum Gasteiger partial charge on any atom is 0.328 e. The van der Waals surface area contributed by atoms with Crippen LogP contribution in [0.4, 0.5) is 0 Å². The summed E-state index contributed by atoms with van der Waals surface area (Å²) in [7, 11) is 1.32. The van der Waals surface area contributed by atoms with Crippen molar-refractivity contribution in [3.05, 3.63) is 34.9 Å². The van der Waals surface area contributed by atoms with Crippen molar-refractivity contribution < 1.29 is 14.3 Å². The Bertz CT molecular complexity index is 476. The van der Waals surface area contributed by atoms with Crippen LogP contribution in [0.2, 0.25) is 5.02 Å². The first-order valence-corrected chi connectivity index (χ1v) is 7.61. The molecule has 0 aliphatic rings. The van der Waals surface area contributed by atoms with Crippen molar-refractivity contribution in [2.24, 2.45) is 0 Å². The Morgan fingerprint density at radius 3 is 2.57 bits per heavy atom. The molecule has 0 aliphatic carbocycles. The van der Waals surface area contributed by atoms with E-state index in [4.69, 9.17) is 16.3 Å². The Hall–Kier alpha value is -1.55. The van der Waals surface area contributed by atoms with Crippen molar-refractivity contribution >= 4 is 23.5 Å². The fourth-order valence-corrected chi connectivity index (χ4v) is 2.27. The summed E-state index contributed by atoms with van der Waals surface area (Å²) in [6.07, 6.45) is 4.71. The van der Waals surface area contributed by atoms with Gasteiger partial charge in [0.15, 0.2) is 0 Å². The molecule has 1 atom stereocenters. The van der Waals surface area contributed by atoms with Gasteiger partial charge in [0.25, 0.3) is 5.91 Å². The molecular formula is C16H22ClNO3. The van der Waals surface area contributed by atoms with Crippen molar-refractivity contribution in [3.8, 4) is 0 Å². The van der Waals surface area contributed by atoms with Gasteiger partial charge in [-0.15, -0.1) is 0 Å². The van der Waals surface area contributed by atoms with E-state index in [1.54, 1.807) is 24.3 Å². The van der Waals surface area contributed by atoms with E-state index >= 15 is 0 Å². The molecule has 0 fully saturated rings. The van der Waals surface area contributed by atoms with E-state index in [-0.39, 0.29) is 5.91 Å². The zero-order chi connectivity index (χ0) is 15.7. The number of amides is 1. The molecule has 116 valence electrons. The van der Waals surface area contributed by atoms with Gasteiger partial charge >= 0.3 is 5.97 Å². The summed E-state index contributed by atoms with van der Waals surface area (Å²) in [5, 5.41) is 3.07. The van der Waals surface area contributed by atoms with E-state index < -0.39 is 12.0 Å². The molecule has 4 nitrogen and oxygen atoms in total. The Kier molecular flexibility index (Phi) is 7.83. The highest BCUT2D eigenvalue weighted by Gasteiger charge is 2.22. The molecule has 0 aromatic heterocycles. The van der Waals surface area contributed by atoms with Crippen LogP contribution < -0.4 is 5.32 Å². The minimum absolute atomic E-state index is 0.355. The molecule has 5 heteroatoms. The second-order valence-corrected chi connectivity index (χ2v) is 5.29. The van der Waals surface area contributed by atoms with Gasteiger partial charge in [-0.3, -0.25) is 4.79 Å². The molecule has 0 heterocycles. The number of nitrogens with one attached hydrogen (secondary N) is 1. The molecular weight excluding hydrogens is 290 g/mol. The molecule has 1 N–H and O–H groups in total. The number of hydrogen-bond donors (Lipinski definition) is 1. The molecule has 0 spiro atoms. The minimum atomic E-state index is -0.629. The van der Waals surface area contributed by atoms with E-state index in [2.05, 4.69) is 12.2 Å². The van der Waals surface area contributed by atoms with Gasteiger partial charge in [0.1, 0.15) is 6.04 Å². The van der Waals surface area contributed by atoms with Gasteiger partial charge < -0.3 is 10.1 Å². The van der Waals surface area contributed by atoms with Crippen LogP contribution in [0.15, 0.2) is 24.3 Å². The maximum atomic E-state index is 12.2. The first-order valence-electron chi connectivity index (χ1n) is 7.23. The van der Waals surface area contributed by atoms with Crippen LogP contribution in [0.5, 0.6) is 0 Å². The summed E-state index contributed by atoms with van der Waals surface area (Å²) in [6.45, 7) is 2.12. The number of rotatable bonds is 8. The van der Waals surface area contributed by atoms with Crippen LogP contribution in [0.3, 0.4) is 0 Å². The third kappa shape index (κ3) is 5.76. The van der Waals surface area contributed by atoms with Crippen LogP contribution in [0.25, 0.3) is 0 Å². The topological polar surface area (TPSA) is 55.4 Å². The summed E-state index contributed by atoms with van der Waals surface area (Å²) >= 11 is 5.98. The van der Waals surface area contributed by atoms with Crippen molar-refractivity contribution in [2.45, 2.75) is 45.1 Å². The highest BCUT2D eigenvalue weighted by Crippen LogP contribution is 2.15. The lowest BCUT2D eigenvalue weighted by atomic mass is 10.1. The molecule has 0 radical (unpaired) electrons. The largest absolute Gasteiger partial charge is 0.467 e. The van der Waals surface area contributed by atoms with Crippen LogP contribution >= 0.6 is 11.6 Å². The average molecular weight is 312 g/mol. The summed E-state index contributed by atoms with van der Waals surface area (Å²) in [5.74, 6) is -0.779. The van der Waals surface area contributed by atoms with Gasteiger partial charge in [-0.05, 0) is 18.6 Å². The van der Waals surface area contributed by atoms with Gasteiger partial charge in [0.2, 0.25) is 0 Å². The number of hydrogen-bond acceptors (Lipinski definition) is 3. The molecule has 1 aromatic rings. The molecule has 0 unspecified atom stereocenters. The predicted molar refractivity (Wildman–Crippen MR) is 83.5 cm³/mol. The zero-order valence-corrected chi connectivity index (χ0v) is 13.3. The lowest BCUT2D eigenvalue weighted by Crippen LogP contribution is -2.41. The number of ether oxygens (including phenoxy) is 1. The predicted octanol–water partition coefficient (Wildman–Crippen LogP) is 3.58. The van der Waals surface area contributed by atoms with Crippen molar-refractivity contribution in [1.29, 1.82) is 0 Å². The summed E-state index contributed by atoms with van der Waals surface area (Å²) in [6, 6.07) is 6.13. The van der Waals surface area contributed by atoms with E-state index in [0.29, 0.717) is 17.0 Å². The summed E-state index contributed by atoms with van der Waals surface area (Å²) in [5.41, 5.74) is 0.363. The van der Waals surface area contributed by atoms with E-state index in [1.165, 1.54) is 7.11 Å². The SMILES string of the molecule is CCCCCC[C@H](NC(=O)c1ccccc1Cl)C(=O)OC. The monoisotopic (exact) mass is 311 g/mol. The van der Waals surface area contributed by atoms with Crippen molar-refractivity contribution in [2.75, 3.05) is 7.11 Å². The Morgan fingerprint density at radius 2 is 1.95 bits per heavy atom. The van der Waals surface area contributed by atoms with Gasteiger partial charge in [-0.2, -0.15) is 0 Å².